The van der Waals surface area contributed by atoms with Crippen molar-refractivity contribution in [2.75, 3.05) is 20.1 Å². The van der Waals surface area contributed by atoms with E-state index in [1.54, 1.807) is 24.1 Å². The number of amides is 2. The third-order valence-corrected chi connectivity index (χ3v) is 2.45. The van der Waals surface area contributed by atoms with Crippen LogP contribution in [0.1, 0.15) is 0 Å². The lowest BCUT2D eigenvalue weighted by molar-refractivity contribution is 0.0449. The summed E-state index contributed by atoms with van der Waals surface area (Å²) in [7, 11) is 1.59. The summed E-state index contributed by atoms with van der Waals surface area (Å²) in [5, 5.41) is 2.53. The third-order valence-electron chi connectivity index (χ3n) is 2.45. The number of hydrogen-bond donors (Lipinski definition) is 1. The molecule has 0 unspecified atom stereocenters. The van der Waals surface area contributed by atoms with E-state index in [9.17, 15) is 9.18 Å². The highest BCUT2D eigenvalue weighted by atomic mass is 19.1. The smallest absolute Gasteiger partial charge is 0.317 e. The average molecular weight is 224 g/mol. The maximum absolute atomic E-state index is 12.8. The van der Waals surface area contributed by atoms with Gasteiger partial charge in [-0.05, 0) is 12.1 Å². The third kappa shape index (κ3) is 2.24. The van der Waals surface area contributed by atoms with Gasteiger partial charge in [0.05, 0.1) is 13.1 Å². The Hall–Kier alpha value is -1.78. The minimum Gasteiger partial charge on any atom is -0.487 e. The van der Waals surface area contributed by atoms with Gasteiger partial charge in [0.15, 0.2) is 0 Å². The zero-order valence-corrected chi connectivity index (χ0v) is 8.94. The molecule has 0 aromatic heterocycles. The molecule has 0 spiro atoms. The second-order valence-corrected chi connectivity index (χ2v) is 3.66. The van der Waals surface area contributed by atoms with Crippen LogP contribution in [-0.4, -0.2) is 37.2 Å². The van der Waals surface area contributed by atoms with Crippen LogP contribution in [0.5, 0.6) is 5.75 Å². The Morgan fingerprint density at radius 2 is 2.31 bits per heavy atom. The molecule has 1 aliphatic rings. The predicted octanol–water partition coefficient (Wildman–Crippen LogP) is 1.23. The molecule has 1 aromatic rings. The predicted molar refractivity (Wildman–Crippen MR) is 56.8 cm³/mol. The van der Waals surface area contributed by atoms with Crippen molar-refractivity contribution in [3.05, 3.63) is 30.1 Å². The SMILES string of the molecule is CNC(=O)N1CC(Oc2cccc(F)c2)C1. The van der Waals surface area contributed by atoms with Crippen LogP contribution in [0.3, 0.4) is 0 Å². The van der Waals surface area contributed by atoms with Gasteiger partial charge >= 0.3 is 6.03 Å². The summed E-state index contributed by atoms with van der Waals surface area (Å²) in [6.07, 6.45) is -0.0425. The first-order valence-electron chi connectivity index (χ1n) is 5.08. The molecule has 0 saturated carbocycles. The fourth-order valence-electron chi connectivity index (χ4n) is 1.57. The highest BCUT2D eigenvalue weighted by Crippen LogP contribution is 2.18. The van der Waals surface area contributed by atoms with Crippen molar-refractivity contribution in [1.82, 2.24) is 10.2 Å². The van der Waals surface area contributed by atoms with Crippen molar-refractivity contribution in [2.45, 2.75) is 6.10 Å². The number of carbonyl (C=O) groups excluding carboxylic acids is 1. The quantitative estimate of drug-likeness (QED) is 0.820. The van der Waals surface area contributed by atoms with Crippen LogP contribution in [0.4, 0.5) is 9.18 Å². The number of benzene rings is 1. The fourth-order valence-corrected chi connectivity index (χ4v) is 1.57. The Labute approximate surface area is 93.0 Å². The summed E-state index contributed by atoms with van der Waals surface area (Å²) in [6, 6.07) is 5.89. The molecule has 1 saturated heterocycles. The minimum atomic E-state index is -0.319. The Morgan fingerprint density at radius 1 is 1.56 bits per heavy atom. The van der Waals surface area contributed by atoms with Crippen molar-refractivity contribution >= 4 is 6.03 Å². The number of nitrogens with zero attached hydrogens (tertiary/aromatic N) is 1. The van der Waals surface area contributed by atoms with Gasteiger partial charge in [-0.1, -0.05) is 6.07 Å². The molecular weight excluding hydrogens is 211 g/mol. The zero-order valence-electron chi connectivity index (χ0n) is 8.94. The molecule has 86 valence electrons. The molecule has 2 rings (SSSR count). The summed E-state index contributed by atoms with van der Waals surface area (Å²) in [6.45, 7) is 1.08. The van der Waals surface area contributed by atoms with Crippen LogP contribution < -0.4 is 10.1 Å². The second-order valence-electron chi connectivity index (χ2n) is 3.66. The number of hydrogen-bond acceptors (Lipinski definition) is 2. The molecule has 1 N–H and O–H groups in total. The number of likely N-dealkylation sites (tertiary alicyclic amines) is 1. The standard InChI is InChI=1S/C11H13FN2O2/c1-13-11(15)14-6-10(7-14)16-9-4-2-3-8(12)5-9/h2-5,10H,6-7H2,1H3,(H,13,15). The van der Waals surface area contributed by atoms with Gasteiger partial charge in [0.1, 0.15) is 17.7 Å². The van der Waals surface area contributed by atoms with Gasteiger partial charge in [0, 0.05) is 13.1 Å². The van der Waals surface area contributed by atoms with Crippen molar-refractivity contribution < 1.29 is 13.9 Å². The average Bonchev–Trinajstić information content (AvgIpc) is 2.22. The van der Waals surface area contributed by atoms with E-state index >= 15 is 0 Å². The Morgan fingerprint density at radius 3 is 2.94 bits per heavy atom. The van der Waals surface area contributed by atoms with E-state index in [1.807, 2.05) is 0 Å². The maximum atomic E-state index is 12.8. The molecule has 16 heavy (non-hydrogen) atoms. The van der Waals surface area contributed by atoms with Gasteiger partial charge in [0.2, 0.25) is 0 Å². The molecular formula is C11H13FN2O2. The number of halogens is 1. The van der Waals surface area contributed by atoms with E-state index in [2.05, 4.69) is 5.32 Å². The number of nitrogens with one attached hydrogen (secondary N) is 1. The summed E-state index contributed by atoms with van der Waals surface area (Å²) in [5.41, 5.74) is 0. The number of rotatable bonds is 2. The maximum Gasteiger partial charge on any atom is 0.317 e. The molecule has 1 heterocycles. The lowest BCUT2D eigenvalue weighted by Crippen LogP contribution is -2.58. The van der Waals surface area contributed by atoms with Gasteiger partial charge in [-0.15, -0.1) is 0 Å². The first-order chi connectivity index (χ1) is 7.69. The monoisotopic (exact) mass is 224 g/mol. The lowest BCUT2D eigenvalue weighted by Gasteiger charge is -2.38. The summed E-state index contributed by atoms with van der Waals surface area (Å²) in [5.74, 6) is 0.182. The highest BCUT2D eigenvalue weighted by molar-refractivity contribution is 5.74. The molecule has 0 atom stereocenters. The second kappa shape index (κ2) is 4.38. The van der Waals surface area contributed by atoms with E-state index in [0.717, 1.165) is 0 Å². The molecule has 0 aliphatic carbocycles. The minimum absolute atomic E-state index is 0.0425. The Kier molecular flexibility index (Phi) is 2.94. The van der Waals surface area contributed by atoms with Crippen LogP contribution in [0, 0.1) is 5.82 Å². The molecule has 5 heteroatoms. The van der Waals surface area contributed by atoms with Gasteiger partial charge in [-0.3, -0.25) is 0 Å². The number of carbonyl (C=O) groups is 1. The molecule has 0 radical (unpaired) electrons. The van der Waals surface area contributed by atoms with E-state index in [1.165, 1.54) is 12.1 Å². The fraction of sp³-hybridized carbons (Fsp3) is 0.364. The Balaban J connectivity index is 1.84. The number of urea groups is 1. The van der Waals surface area contributed by atoms with Crippen molar-refractivity contribution in [1.29, 1.82) is 0 Å². The van der Waals surface area contributed by atoms with Crippen LogP contribution in [0.25, 0.3) is 0 Å². The first kappa shape index (κ1) is 10.7. The molecule has 1 aliphatic heterocycles. The van der Waals surface area contributed by atoms with Crippen molar-refractivity contribution in [3.8, 4) is 5.75 Å². The van der Waals surface area contributed by atoms with Gasteiger partial charge < -0.3 is 15.0 Å². The van der Waals surface area contributed by atoms with Crippen molar-refractivity contribution in [3.63, 3.8) is 0 Å². The molecule has 1 aromatic carbocycles. The molecule has 1 fully saturated rings. The van der Waals surface area contributed by atoms with E-state index in [0.29, 0.717) is 18.8 Å². The van der Waals surface area contributed by atoms with E-state index in [-0.39, 0.29) is 18.0 Å². The van der Waals surface area contributed by atoms with Gasteiger partial charge in [-0.2, -0.15) is 0 Å². The van der Waals surface area contributed by atoms with Gasteiger partial charge in [-0.25, -0.2) is 9.18 Å². The van der Waals surface area contributed by atoms with Crippen molar-refractivity contribution in [2.24, 2.45) is 0 Å². The number of ether oxygens (including phenoxy) is 1. The largest absolute Gasteiger partial charge is 0.487 e. The molecule has 2 amide bonds. The van der Waals surface area contributed by atoms with Crippen LogP contribution in [0.2, 0.25) is 0 Å². The highest BCUT2D eigenvalue weighted by Gasteiger charge is 2.31. The van der Waals surface area contributed by atoms with E-state index in [4.69, 9.17) is 4.74 Å². The van der Waals surface area contributed by atoms with Crippen LogP contribution in [0.15, 0.2) is 24.3 Å². The zero-order chi connectivity index (χ0) is 11.5. The topological polar surface area (TPSA) is 41.6 Å². The first-order valence-corrected chi connectivity index (χ1v) is 5.08. The van der Waals surface area contributed by atoms with E-state index < -0.39 is 0 Å². The lowest BCUT2D eigenvalue weighted by atomic mass is 10.2. The molecule has 0 bridgehead atoms. The Bertz CT molecular complexity index is 391. The summed E-state index contributed by atoms with van der Waals surface area (Å²) < 4.78 is 18.3. The summed E-state index contributed by atoms with van der Waals surface area (Å²) >= 11 is 0. The normalized spacial score (nSPS) is 15.5. The van der Waals surface area contributed by atoms with Crippen LogP contribution in [-0.2, 0) is 0 Å². The van der Waals surface area contributed by atoms with Gasteiger partial charge in [0.25, 0.3) is 0 Å². The summed E-state index contributed by atoms with van der Waals surface area (Å²) in [4.78, 5) is 12.8. The molecule has 4 nitrogen and oxygen atoms in total. The van der Waals surface area contributed by atoms with Crippen LogP contribution >= 0.6 is 0 Å².